The van der Waals surface area contributed by atoms with E-state index in [1.54, 1.807) is 0 Å². The van der Waals surface area contributed by atoms with Gasteiger partial charge >= 0.3 is 437 Å². The second-order valence-electron chi connectivity index (χ2n) is 2.50. The molecule has 0 saturated heterocycles. The van der Waals surface area contributed by atoms with Crippen molar-refractivity contribution in [1.82, 2.24) is 0 Å². The van der Waals surface area contributed by atoms with Gasteiger partial charge in [0.05, 0.1) is 0 Å². The zero-order valence-electron chi connectivity index (χ0n) is 12.6. The Morgan fingerprint density at radius 2 is 0.485 bits per heavy atom. The van der Waals surface area contributed by atoms with E-state index in [1.807, 2.05) is 0 Å². The van der Waals surface area contributed by atoms with Gasteiger partial charge in [-0.3, -0.25) is 0 Å². The summed E-state index contributed by atoms with van der Waals surface area (Å²) in [4.78, 5) is 0. The van der Waals surface area contributed by atoms with Crippen molar-refractivity contribution in [3.8, 4) is 0 Å². The van der Waals surface area contributed by atoms with Gasteiger partial charge in [0.15, 0.2) is 0 Å². The Hall–Kier alpha value is 23.2. The molecule has 0 aromatic rings. The van der Waals surface area contributed by atoms with Crippen LogP contribution in [0.25, 0.3) is 0 Å². The Morgan fingerprint density at radius 1 is 0.303 bits per heavy atom. The van der Waals surface area contributed by atoms with Gasteiger partial charge in [-0.05, 0) is 0 Å². The molecule has 230 valence electrons. The third kappa shape index (κ3) is 23.7. The van der Waals surface area contributed by atoms with Crippen LogP contribution in [0, 0.1) is 3.56 Å². The van der Waals surface area contributed by atoms with Gasteiger partial charge in [0.1, 0.15) is 0 Å². The van der Waals surface area contributed by atoms with Gasteiger partial charge in [-0.2, -0.15) is 0 Å². The summed E-state index contributed by atoms with van der Waals surface area (Å²) in [5, 5.41) is 0. The summed E-state index contributed by atoms with van der Waals surface area (Å²) in [6.07, 6.45) is 0. The van der Waals surface area contributed by atoms with Crippen LogP contribution in [0.4, 0.5) is 0 Å². The topological polar surface area (TPSA) is 23.9 Å². The van der Waals surface area contributed by atoms with E-state index in [0.29, 0.717) is 0 Å². The molecule has 0 radical (unpaired) electrons. The molecule has 1 nitrogen and oxygen atoms in total. The van der Waals surface area contributed by atoms with Crippen molar-refractivity contribution in [2.75, 3.05) is 0 Å². The van der Waals surface area contributed by atoms with E-state index in [4.69, 9.17) is 3.56 Å². The van der Waals surface area contributed by atoms with Crippen molar-refractivity contribution in [2.45, 2.75) is 0 Å². The predicted octanol–water partition coefficient (Wildman–Crippen LogP) is 28.6. The van der Waals surface area contributed by atoms with Crippen LogP contribution in [-0.2, 0) is 0 Å². The first-order chi connectivity index (χ1) is 15.0. The predicted molar refractivity (Wildman–Crippen MR) is 451 cm³/mol. The van der Waals surface area contributed by atoms with Crippen LogP contribution in [-0.4, -0.2) is 0 Å². The normalized spacial score (nSPS) is 18.2. The van der Waals surface area contributed by atoms with Crippen molar-refractivity contribution in [1.29, 1.82) is 3.56 Å². The van der Waals surface area contributed by atoms with E-state index in [0.717, 1.165) is 0 Å². The van der Waals surface area contributed by atoms with Crippen LogP contribution >= 0.6 is 433 Å². The van der Waals surface area contributed by atoms with E-state index in [1.165, 1.54) is 0 Å². The fourth-order valence-electron chi connectivity index (χ4n) is 0.422. The molecule has 0 atom stereocenters. The second kappa shape index (κ2) is 33.8. The van der Waals surface area contributed by atoms with E-state index in [-0.39, 0.29) is 17.1 Å². The van der Waals surface area contributed by atoms with Crippen LogP contribution in [0.1, 0.15) is 0 Å². The number of rotatable bonds is 15. The van der Waals surface area contributed by atoms with Crippen LogP contribution in [0.5, 0.6) is 0 Å². The van der Waals surface area contributed by atoms with E-state index in [2.05, 4.69) is 298 Å². The maximum atomic E-state index is 8.11. The molecular weight excluding hydrogens is 4070 g/mol. The summed E-state index contributed by atoms with van der Waals surface area (Å²) in [6, 6.07) is 0. The van der Waals surface area contributed by atoms with Crippen LogP contribution in [0.15, 0.2) is 0 Å². The van der Waals surface area contributed by atoms with Gasteiger partial charge in [-0.15, -0.1) is 0 Å². The molecule has 0 aromatic heterocycles. The van der Waals surface area contributed by atoms with Gasteiger partial charge in [0.2, 0.25) is 0 Å². The van der Waals surface area contributed by atoms with Crippen molar-refractivity contribution >= 4 is 433 Å². The quantitative estimate of drug-likeness (QED) is 0.158. The molecule has 1 N–H and O–H groups in total. The second-order valence-corrected chi connectivity index (χ2v) is 737. The molecule has 0 spiro atoms. The van der Waals surface area contributed by atoms with Gasteiger partial charge in [0.25, 0.3) is 0 Å². The third-order valence-electron chi connectivity index (χ3n) is 1.20. The summed E-state index contributed by atoms with van der Waals surface area (Å²) in [7, 11) is -7.93. The standard InChI is InChI=1S/HI32N/c1-18(2)20(4)22(6)24(8)26(10)28(12)30(14)32(16)31(15)29(13)27(11)25(9)23(7)21(5)19(3)17-33/h33H. The van der Waals surface area contributed by atoms with Crippen molar-refractivity contribution in [3.63, 3.8) is 0 Å². The fraction of sp³-hybridized carbons (Fsp3) is 0. The Labute approximate surface area is 412 Å². The minimum absolute atomic E-state index is 0.0803. The molecule has 33 heavy (non-hydrogen) atoms. The Bertz CT molecular complexity index is 539. The summed E-state index contributed by atoms with van der Waals surface area (Å²) >= 11 is 50.4. The molecule has 0 fully saturated rings. The summed E-state index contributed by atoms with van der Waals surface area (Å²) in [5.41, 5.74) is 0. The molecule has 0 rings (SSSR count). The monoisotopic (exact) mass is 4080 g/mol. The van der Waals surface area contributed by atoms with E-state index >= 15 is 0 Å². The zero-order chi connectivity index (χ0) is 26.4. The molecular formula is HI32N. The van der Waals surface area contributed by atoms with Crippen LogP contribution in [0.2, 0.25) is 0 Å². The molecule has 0 aromatic carbocycles. The van der Waals surface area contributed by atoms with Crippen LogP contribution in [0.3, 0.4) is 0 Å². The number of nitrogens with one attached hydrogen (secondary N) is 1. The summed E-state index contributed by atoms with van der Waals surface area (Å²) in [6.45, 7) is 0. The van der Waals surface area contributed by atoms with E-state index in [9.17, 15) is 0 Å². The number of halogens is 32. The maximum absolute atomic E-state index is 8.11. The first-order valence-electron chi connectivity index (χ1n) is 4.62. The van der Waals surface area contributed by atoms with Gasteiger partial charge in [0, 0.05) is 0 Å². The molecule has 0 heterocycles. The SMILES string of the molecule is N=II(I)I(I)I(I)I(I)I(I)I(I)I(I)I(I)I(I)I(I)I(I)I(I)I(I)I(I)I(I)I. The Balaban J connectivity index is 5.26. The molecule has 0 saturated carbocycles. The third-order valence-corrected chi connectivity index (χ3v) is 2330. The Kier molecular flexibility index (Phi) is 57.6. The molecule has 0 unspecified atom stereocenters. The number of hydrogen-bond donors (Lipinski definition) is 1. The first kappa shape index (κ1) is 56.2. The van der Waals surface area contributed by atoms with Crippen molar-refractivity contribution in [2.24, 2.45) is 0 Å². The first-order valence-corrected chi connectivity index (χ1v) is 201. The number of hydrogen-bond acceptors (Lipinski definition) is 1. The fourth-order valence-corrected chi connectivity index (χ4v) is 5490. The zero-order valence-corrected chi connectivity index (χ0v) is 81.6. The average Bonchev–Trinajstić information content (AvgIpc) is 2.81. The molecule has 0 aliphatic heterocycles. The molecule has 0 aliphatic rings. The molecule has 33 heteroatoms. The van der Waals surface area contributed by atoms with Gasteiger partial charge < -0.3 is 0 Å². The Morgan fingerprint density at radius 3 is 0.667 bits per heavy atom. The van der Waals surface area contributed by atoms with E-state index < -0.39 is 118 Å². The molecule has 0 amide bonds. The van der Waals surface area contributed by atoms with Crippen molar-refractivity contribution < 1.29 is 0 Å². The van der Waals surface area contributed by atoms with Crippen LogP contribution < -0.4 is 0 Å². The van der Waals surface area contributed by atoms with Gasteiger partial charge in [-0.25, -0.2) is 0 Å². The van der Waals surface area contributed by atoms with Gasteiger partial charge in [-0.1, -0.05) is 0 Å². The molecule has 0 aliphatic carbocycles. The van der Waals surface area contributed by atoms with Crippen molar-refractivity contribution in [3.05, 3.63) is 0 Å². The summed E-state index contributed by atoms with van der Waals surface area (Å²) < 4.78 is 8.11. The average molecular weight is 4080 g/mol. The minimum atomic E-state index is -0.690. The molecule has 0 bridgehead atoms. The summed E-state index contributed by atoms with van der Waals surface area (Å²) in [5.74, 6) is 0.